The van der Waals surface area contributed by atoms with Crippen molar-refractivity contribution in [3.8, 4) is 6.07 Å². The van der Waals surface area contributed by atoms with E-state index in [1.54, 1.807) is 6.08 Å². The smallest absolute Gasteiger partial charge is 0.348 e. The summed E-state index contributed by atoms with van der Waals surface area (Å²) in [6.45, 7) is 8.47. The van der Waals surface area contributed by atoms with Gasteiger partial charge in [0, 0.05) is 13.1 Å². The van der Waals surface area contributed by atoms with Crippen LogP contribution in [0.3, 0.4) is 0 Å². The molecular weight excluding hydrogens is 276 g/mol. The molecular formula is C18H30N2O2. The summed E-state index contributed by atoms with van der Waals surface area (Å²) in [5.41, 5.74) is 0.0504. The van der Waals surface area contributed by atoms with E-state index >= 15 is 0 Å². The number of hydrogen-bond donors (Lipinski definition) is 0. The third-order valence-electron chi connectivity index (χ3n) is 3.44. The Labute approximate surface area is 135 Å². The maximum atomic E-state index is 11.8. The van der Waals surface area contributed by atoms with Gasteiger partial charge < -0.3 is 9.64 Å². The average molecular weight is 306 g/mol. The van der Waals surface area contributed by atoms with Gasteiger partial charge in [-0.25, -0.2) is 4.79 Å². The number of rotatable bonds is 12. The number of ether oxygens (including phenoxy) is 1. The van der Waals surface area contributed by atoms with Crippen LogP contribution in [0.1, 0.15) is 59.3 Å². The van der Waals surface area contributed by atoms with Crippen molar-refractivity contribution >= 4 is 5.97 Å². The fourth-order valence-electron chi connectivity index (χ4n) is 1.97. The Morgan fingerprint density at radius 2 is 1.73 bits per heavy atom. The van der Waals surface area contributed by atoms with Gasteiger partial charge >= 0.3 is 5.97 Å². The van der Waals surface area contributed by atoms with Crippen molar-refractivity contribution in [2.24, 2.45) is 0 Å². The van der Waals surface area contributed by atoms with Crippen molar-refractivity contribution in [2.75, 3.05) is 19.7 Å². The van der Waals surface area contributed by atoms with E-state index in [-0.39, 0.29) is 5.57 Å². The van der Waals surface area contributed by atoms with E-state index < -0.39 is 5.97 Å². The van der Waals surface area contributed by atoms with Crippen LogP contribution < -0.4 is 0 Å². The second-order valence-electron chi connectivity index (χ2n) is 5.16. The quantitative estimate of drug-likeness (QED) is 0.178. The van der Waals surface area contributed by atoms with E-state index in [4.69, 9.17) is 10.00 Å². The predicted molar refractivity (Wildman–Crippen MR) is 90.1 cm³/mol. The lowest BCUT2D eigenvalue weighted by molar-refractivity contribution is -0.138. The van der Waals surface area contributed by atoms with Crippen LogP contribution in [0.15, 0.2) is 23.9 Å². The molecule has 0 N–H and O–H groups in total. The standard InChI is InChI=1S/C18H30N2O2/c1-4-7-8-9-10-11-15-22-18(21)17(16-19)13-12-14-20(5-2)6-3/h12-14H,4-11,15H2,1-3H3. The van der Waals surface area contributed by atoms with Crippen molar-refractivity contribution in [3.63, 3.8) is 0 Å². The van der Waals surface area contributed by atoms with Crippen molar-refractivity contribution < 1.29 is 9.53 Å². The van der Waals surface area contributed by atoms with Crippen LogP contribution in [0.4, 0.5) is 0 Å². The monoisotopic (exact) mass is 306 g/mol. The number of allylic oxidation sites excluding steroid dienone is 2. The minimum Gasteiger partial charge on any atom is -0.462 e. The molecule has 0 saturated carbocycles. The number of unbranched alkanes of at least 4 members (excludes halogenated alkanes) is 5. The Balaban J connectivity index is 4.07. The van der Waals surface area contributed by atoms with Crippen molar-refractivity contribution in [1.82, 2.24) is 4.90 Å². The maximum absolute atomic E-state index is 11.8. The van der Waals surface area contributed by atoms with Crippen LogP contribution in [0.5, 0.6) is 0 Å². The SMILES string of the molecule is CCCCCCCCOC(=O)C(C#N)=CC=CN(CC)CC. The molecule has 0 atom stereocenters. The number of nitrogens with zero attached hydrogens (tertiary/aromatic N) is 2. The van der Waals surface area contributed by atoms with Crippen LogP contribution in [0.2, 0.25) is 0 Å². The summed E-state index contributed by atoms with van der Waals surface area (Å²) in [7, 11) is 0. The van der Waals surface area contributed by atoms with Gasteiger partial charge in [-0.3, -0.25) is 0 Å². The van der Waals surface area contributed by atoms with Crippen LogP contribution in [0.25, 0.3) is 0 Å². The summed E-state index contributed by atoms with van der Waals surface area (Å²) in [6.07, 6.45) is 12.0. The van der Waals surface area contributed by atoms with E-state index in [1.165, 1.54) is 31.8 Å². The molecule has 22 heavy (non-hydrogen) atoms. The third kappa shape index (κ3) is 10.0. The van der Waals surface area contributed by atoms with Crippen molar-refractivity contribution in [1.29, 1.82) is 5.26 Å². The highest BCUT2D eigenvalue weighted by Crippen LogP contribution is 2.06. The second-order valence-corrected chi connectivity index (χ2v) is 5.16. The lowest BCUT2D eigenvalue weighted by Gasteiger charge is -2.13. The van der Waals surface area contributed by atoms with Crippen LogP contribution in [-0.2, 0) is 9.53 Å². The molecule has 4 heteroatoms. The summed E-state index contributed by atoms with van der Waals surface area (Å²) in [6, 6.07) is 1.90. The molecule has 0 bridgehead atoms. The zero-order valence-corrected chi connectivity index (χ0v) is 14.3. The molecule has 0 fully saturated rings. The zero-order valence-electron chi connectivity index (χ0n) is 14.3. The zero-order chi connectivity index (χ0) is 16.6. The topological polar surface area (TPSA) is 53.3 Å². The number of nitriles is 1. The largest absolute Gasteiger partial charge is 0.462 e. The molecule has 0 aromatic rings. The molecule has 0 rings (SSSR count). The van der Waals surface area contributed by atoms with Gasteiger partial charge in [-0.1, -0.05) is 39.0 Å². The number of carbonyl (C=O) groups excluding carboxylic acids is 1. The van der Waals surface area contributed by atoms with Gasteiger partial charge in [0.05, 0.1) is 6.61 Å². The van der Waals surface area contributed by atoms with Gasteiger partial charge in [-0.15, -0.1) is 0 Å². The first-order chi connectivity index (χ1) is 10.7. The fraction of sp³-hybridized carbons (Fsp3) is 0.667. The summed E-state index contributed by atoms with van der Waals surface area (Å²) in [5, 5.41) is 9.01. The number of esters is 1. The Bertz CT molecular complexity index is 390. The molecule has 0 heterocycles. The highest BCUT2D eigenvalue weighted by atomic mass is 16.5. The molecule has 4 nitrogen and oxygen atoms in total. The Morgan fingerprint density at radius 1 is 1.09 bits per heavy atom. The number of hydrogen-bond acceptors (Lipinski definition) is 4. The molecule has 0 aliphatic carbocycles. The summed E-state index contributed by atoms with van der Waals surface area (Å²) >= 11 is 0. The van der Waals surface area contributed by atoms with Crippen molar-refractivity contribution in [3.05, 3.63) is 23.9 Å². The normalized spacial score (nSPS) is 11.5. The van der Waals surface area contributed by atoms with E-state index in [0.29, 0.717) is 6.61 Å². The first kappa shape index (κ1) is 20.2. The molecule has 0 radical (unpaired) electrons. The number of carbonyl (C=O) groups is 1. The molecule has 0 aromatic carbocycles. The summed E-state index contributed by atoms with van der Waals surface area (Å²) < 4.78 is 5.13. The van der Waals surface area contributed by atoms with Gasteiger partial charge in [0.2, 0.25) is 0 Å². The predicted octanol–water partition coefficient (Wildman–Crippen LogP) is 4.20. The Kier molecular flexibility index (Phi) is 13.1. The van der Waals surface area contributed by atoms with E-state index in [0.717, 1.165) is 25.9 Å². The maximum Gasteiger partial charge on any atom is 0.348 e. The molecule has 0 amide bonds. The van der Waals surface area contributed by atoms with Gasteiger partial charge in [0.1, 0.15) is 11.6 Å². The van der Waals surface area contributed by atoms with Crippen LogP contribution in [0, 0.1) is 11.3 Å². The van der Waals surface area contributed by atoms with Crippen LogP contribution in [-0.4, -0.2) is 30.6 Å². The van der Waals surface area contributed by atoms with Gasteiger partial charge in [-0.2, -0.15) is 5.26 Å². The van der Waals surface area contributed by atoms with Gasteiger partial charge in [0.15, 0.2) is 0 Å². The fourth-order valence-corrected chi connectivity index (χ4v) is 1.97. The Hall–Kier alpha value is -1.76. The van der Waals surface area contributed by atoms with Gasteiger partial charge in [0.25, 0.3) is 0 Å². The minimum absolute atomic E-state index is 0.0504. The highest BCUT2D eigenvalue weighted by Gasteiger charge is 2.08. The molecule has 0 aliphatic heterocycles. The minimum atomic E-state index is -0.528. The van der Waals surface area contributed by atoms with E-state index in [9.17, 15) is 4.79 Å². The molecule has 0 unspecified atom stereocenters. The first-order valence-electron chi connectivity index (χ1n) is 8.39. The molecule has 0 aromatic heterocycles. The van der Waals surface area contributed by atoms with Gasteiger partial charge in [-0.05, 0) is 38.6 Å². The Morgan fingerprint density at radius 3 is 2.32 bits per heavy atom. The first-order valence-corrected chi connectivity index (χ1v) is 8.39. The summed E-state index contributed by atoms with van der Waals surface area (Å²) in [5.74, 6) is -0.528. The van der Waals surface area contributed by atoms with Crippen LogP contribution >= 0.6 is 0 Å². The molecule has 0 aliphatic rings. The third-order valence-corrected chi connectivity index (χ3v) is 3.44. The lowest BCUT2D eigenvalue weighted by atomic mass is 10.1. The molecule has 0 spiro atoms. The average Bonchev–Trinajstić information content (AvgIpc) is 2.54. The molecule has 0 saturated heterocycles. The second kappa shape index (κ2) is 14.2. The summed E-state index contributed by atoms with van der Waals surface area (Å²) in [4.78, 5) is 13.8. The highest BCUT2D eigenvalue weighted by molar-refractivity contribution is 5.93. The molecule has 124 valence electrons. The van der Waals surface area contributed by atoms with E-state index in [2.05, 4.69) is 25.7 Å². The van der Waals surface area contributed by atoms with Crippen molar-refractivity contribution in [2.45, 2.75) is 59.3 Å². The van der Waals surface area contributed by atoms with E-state index in [1.807, 2.05) is 12.3 Å². The lowest BCUT2D eigenvalue weighted by Crippen LogP contribution is -2.15.